The van der Waals surface area contributed by atoms with E-state index in [-0.39, 0.29) is 24.2 Å². The van der Waals surface area contributed by atoms with E-state index in [4.69, 9.17) is 4.74 Å². The molecule has 0 amide bonds. The lowest BCUT2D eigenvalue weighted by atomic mass is 9.91. The molecule has 34 heavy (non-hydrogen) atoms. The maximum Gasteiger partial charge on any atom is 0.227 e. The second-order valence-electron chi connectivity index (χ2n) is 8.99. The van der Waals surface area contributed by atoms with Crippen LogP contribution in [0.4, 0.5) is 22.0 Å². The summed E-state index contributed by atoms with van der Waals surface area (Å²) in [6.07, 6.45) is 4.29. The zero-order chi connectivity index (χ0) is 24.8. The first-order chi connectivity index (χ1) is 16.2. The number of rotatable bonds is 11. The molecular weight excluding hydrogens is 453 g/mol. The van der Waals surface area contributed by atoms with E-state index < -0.39 is 5.82 Å². The third-order valence-electron chi connectivity index (χ3n) is 6.03. The lowest BCUT2D eigenvalue weighted by molar-refractivity contribution is 0.177. The minimum absolute atomic E-state index is 0.0146. The zero-order valence-corrected chi connectivity index (χ0v) is 22.0. The van der Waals surface area contributed by atoms with E-state index in [1.807, 2.05) is 25.9 Å². The van der Waals surface area contributed by atoms with E-state index in [0.717, 1.165) is 37.1 Å². The molecule has 0 spiro atoms. The average molecular weight is 492 g/mol. The quantitative estimate of drug-likeness (QED) is 0.312. The SMILES string of the molecule is C=C(C)OCc1nc(N(C)C2CC(C)N(SCC)C(CCC)C2)nc(Nc2cc(C)[nH]n2)c1F. The number of hydrogen-bond acceptors (Lipinski definition) is 8. The minimum Gasteiger partial charge on any atom is -0.492 e. The maximum absolute atomic E-state index is 15.3. The van der Waals surface area contributed by atoms with E-state index in [9.17, 15) is 0 Å². The van der Waals surface area contributed by atoms with Crippen LogP contribution in [0, 0.1) is 12.7 Å². The summed E-state index contributed by atoms with van der Waals surface area (Å²) in [6, 6.07) is 2.97. The molecule has 2 aromatic heterocycles. The Hall–Kier alpha value is -2.33. The van der Waals surface area contributed by atoms with Gasteiger partial charge < -0.3 is 15.0 Å². The summed E-state index contributed by atoms with van der Waals surface area (Å²) in [6.45, 7) is 14.1. The van der Waals surface area contributed by atoms with Crippen molar-refractivity contribution in [2.75, 3.05) is 23.0 Å². The molecule has 0 aliphatic carbocycles. The molecule has 0 radical (unpaired) electrons. The molecule has 8 nitrogen and oxygen atoms in total. The van der Waals surface area contributed by atoms with Crippen LogP contribution in [-0.4, -0.2) is 55.4 Å². The van der Waals surface area contributed by atoms with Crippen LogP contribution in [0.3, 0.4) is 0 Å². The number of halogens is 1. The van der Waals surface area contributed by atoms with Crippen LogP contribution >= 0.6 is 11.9 Å². The number of aromatic nitrogens is 4. The molecule has 0 saturated carbocycles. The van der Waals surface area contributed by atoms with E-state index in [1.165, 1.54) is 0 Å². The number of H-pyrrole nitrogens is 1. The van der Waals surface area contributed by atoms with Crippen LogP contribution < -0.4 is 10.2 Å². The second-order valence-corrected chi connectivity index (χ2v) is 10.2. The fourth-order valence-electron chi connectivity index (χ4n) is 4.42. The van der Waals surface area contributed by atoms with E-state index >= 15 is 4.39 Å². The van der Waals surface area contributed by atoms with Gasteiger partial charge in [-0.3, -0.25) is 5.10 Å². The van der Waals surface area contributed by atoms with Crippen molar-refractivity contribution in [1.29, 1.82) is 0 Å². The van der Waals surface area contributed by atoms with E-state index in [1.54, 1.807) is 13.0 Å². The maximum atomic E-state index is 15.3. The number of aromatic amines is 1. The van der Waals surface area contributed by atoms with Gasteiger partial charge in [-0.1, -0.05) is 38.8 Å². The van der Waals surface area contributed by atoms with Crippen molar-refractivity contribution < 1.29 is 9.13 Å². The molecule has 1 fully saturated rings. The summed E-state index contributed by atoms with van der Waals surface area (Å²) in [5.41, 5.74) is 1.06. The zero-order valence-electron chi connectivity index (χ0n) is 21.2. The smallest absolute Gasteiger partial charge is 0.227 e. The van der Waals surface area contributed by atoms with Crippen molar-refractivity contribution >= 4 is 29.5 Å². The molecule has 1 saturated heterocycles. The van der Waals surface area contributed by atoms with Crippen LogP contribution in [0.15, 0.2) is 18.4 Å². The van der Waals surface area contributed by atoms with Gasteiger partial charge in [0.25, 0.3) is 0 Å². The number of aryl methyl sites for hydroxylation is 1. The molecule has 0 aromatic carbocycles. The van der Waals surface area contributed by atoms with Gasteiger partial charge in [-0.15, -0.1) is 0 Å². The third-order valence-corrected chi connectivity index (χ3v) is 7.25. The van der Waals surface area contributed by atoms with Crippen molar-refractivity contribution in [2.45, 2.75) is 85.0 Å². The summed E-state index contributed by atoms with van der Waals surface area (Å²) >= 11 is 1.93. The molecule has 2 N–H and O–H groups in total. The Morgan fingerprint density at radius 3 is 2.76 bits per heavy atom. The van der Waals surface area contributed by atoms with Gasteiger partial charge >= 0.3 is 0 Å². The second kappa shape index (κ2) is 11.9. The Morgan fingerprint density at radius 2 is 2.15 bits per heavy atom. The molecule has 1 aliphatic rings. The fraction of sp³-hybridized carbons (Fsp3) is 0.625. The number of nitrogens with zero attached hydrogens (tertiary/aromatic N) is 5. The number of ether oxygens (including phenoxy) is 1. The van der Waals surface area contributed by atoms with Crippen LogP contribution in [-0.2, 0) is 11.3 Å². The topological polar surface area (TPSA) is 82.2 Å². The van der Waals surface area contributed by atoms with Crippen LogP contribution in [0.2, 0.25) is 0 Å². The molecule has 3 unspecified atom stereocenters. The van der Waals surface area contributed by atoms with Gasteiger partial charge in [0.15, 0.2) is 17.5 Å². The number of piperidine rings is 1. The highest BCUT2D eigenvalue weighted by molar-refractivity contribution is 7.97. The Morgan fingerprint density at radius 1 is 1.38 bits per heavy atom. The normalized spacial score (nSPS) is 20.9. The highest BCUT2D eigenvalue weighted by atomic mass is 32.2. The summed E-state index contributed by atoms with van der Waals surface area (Å²) in [4.78, 5) is 11.2. The minimum atomic E-state index is -0.551. The lowest BCUT2D eigenvalue weighted by Gasteiger charge is -2.45. The molecule has 2 aromatic rings. The first-order valence-electron chi connectivity index (χ1n) is 12.0. The van der Waals surface area contributed by atoms with Gasteiger partial charge in [-0.2, -0.15) is 10.1 Å². The molecule has 1 aliphatic heterocycles. The summed E-state index contributed by atoms with van der Waals surface area (Å²) < 4.78 is 23.4. The van der Waals surface area contributed by atoms with Crippen LogP contribution in [0.25, 0.3) is 0 Å². The Bertz CT molecular complexity index is 969. The van der Waals surface area contributed by atoms with Gasteiger partial charge in [-0.25, -0.2) is 13.7 Å². The van der Waals surface area contributed by atoms with Gasteiger partial charge in [0, 0.05) is 42.7 Å². The van der Waals surface area contributed by atoms with Gasteiger partial charge in [-0.05, 0) is 40.0 Å². The van der Waals surface area contributed by atoms with E-state index in [2.05, 4.69) is 62.0 Å². The van der Waals surface area contributed by atoms with Crippen LogP contribution in [0.1, 0.15) is 64.8 Å². The number of hydrogen-bond donors (Lipinski definition) is 2. The first-order valence-corrected chi connectivity index (χ1v) is 12.9. The highest BCUT2D eigenvalue weighted by Crippen LogP contribution is 2.35. The molecule has 188 valence electrons. The molecular formula is C24H38FN7OS. The fourth-order valence-corrected chi connectivity index (χ4v) is 5.46. The first kappa shape index (κ1) is 26.3. The number of nitrogens with one attached hydrogen (secondary N) is 2. The molecule has 3 atom stereocenters. The van der Waals surface area contributed by atoms with Crippen molar-refractivity contribution in [3.05, 3.63) is 35.6 Å². The third kappa shape index (κ3) is 6.41. The molecule has 0 bridgehead atoms. The predicted octanol–water partition coefficient (Wildman–Crippen LogP) is 5.57. The van der Waals surface area contributed by atoms with Crippen molar-refractivity contribution in [1.82, 2.24) is 24.5 Å². The Kier molecular flexibility index (Phi) is 9.18. The van der Waals surface area contributed by atoms with Gasteiger partial charge in [0.2, 0.25) is 5.95 Å². The van der Waals surface area contributed by atoms with Gasteiger partial charge in [0.05, 0.1) is 5.76 Å². The largest absolute Gasteiger partial charge is 0.492 e. The summed E-state index contributed by atoms with van der Waals surface area (Å²) in [7, 11) is 2.00. The van der Waals surface area contributed by atoms with E-state index in [0.29, 0.717) is 29.6 Å². The predicted molar refractivity (Wildman–Crippen MR) is 138 cm³/mol. The number of anilines is 3. The van der Waals surface area contributed by atoms with Crippen molar-refractivity contribution in [2.24, 2.45) is 0 Å². The summed E-state index contributed by atoms with van der Waals surface area (Å²) in [5.74, 6) is 2.08. The molecule has 3 heterocycles. The molecule has 10 heteroatoms. The molecule has 3 rings (SSSR count). The standard InChI is InChI=1S/C24H38FN7OS/c1-8-10-18-13-19(12-17(6)32(18)34-9-2)31(7)24-26-20(14-33-15(3)4)22(25)23(28-24)27-21-11-16(5)29-30-21/h11,17-19H,3,8-10,12-14H2,1-2,4-7H3,(H2,26,27,28,29,30). The van der Waals surface area contributed by atoms with Crippen LogP contribution in [0.5, 0.6) is 0 Å². The van der Waals surface area contributed by atoms with Crippen molar-refractivity contribution in [3.63, 3.8) is 0 Å². The Labute approximate surface area is 206 Å². The monoisotopic (exact) mass is 491 g/mol. The van der Waals surface area contributed by atoms with Crippen molar-refractivity contribution in [3.8, 4) is 0 Å². The average Bonchev–Trinajstić information content (AvgIpc) is 3.20. The van der Waals surface area contributed by atoms with Gasteiger partial charge in [0.1, 0.15) is 12.3 Å². The lowest BCUT2D eigenvalue weighted by Crippen LogP contribution is -2.51. The highest BCUT2D eigenvalue weighted by Gasteiger charge is 2.36. The number of allylic oxidation sites excluding steroid dienone is 1. The Balaban J connectivity index is 1.90. The summed E-state index contributed by atoms with van der Waals surface area (Å²) in [5, 5.41) is 10.0.